The van der Waals surface area contributed by atoms with Crippen molar-refractivity contribution in [3.05, 3.63) is 29.8 Å². The summed E-state index contributed by atoms with van der Waals surface area (Å²) in [5.74, 6) is 0.813. The molecular weight excluding hydrogens is 242 g/mol. The molecule has 1 aliphatic rings. The molecule has 1 aromatic carbocycles. The number of aliphatic hydroxyl groups is 1. The standard InChI is InChI=1S/C15H23NO3/c1-12-10-16(8-3-9-19-12)11-15(17)13-4-6-14(18-2)7-5-13/h4-7,12,15,17H,3,8-11H2,1-2H3. The first-order valence-electron chi connectivity index (χ1n) is 6.85. The molecule has 1 aliphatic heterocycles. The second kappa shape index (κ2) is 6.89. The first-order chi connectivity index (χ1) is 9.19. The van der Waals surface area contributed by atoms with Gasteiger partial charge in [0.15, 0.2) is 0 Å². The van der Waals surface area contributed by atoms with Crippen molar-refractivity contribution in [2.24, 2.45) is 0 Å². The number of benzene rings is 1. The zero-order valence-corrected chi connectivity index (χ0v) is 11.7. The maximum Gasteiger partial charge on any atom is 0.118 e. The second-order valence-corrected chi connectivity index (χ2v) is 5.08. The van der Waals surface area contributed by atoms with Gasteiger partial charge in [0.1, 0.15) is 5.75 Å². The summed E-state index contributed by atoms with van der Waals surface area (Å²) < 4.78 is 10.7. The highest BCUT2D eigenvalue weighted by atomic mass is 16.5. The molecule has 2 unspecified atom stereocenters. The van der Waals surface area contributed by atoms with Gasteiger partial charge in [-0.3, -0.25) is 4.90 Å². The Bertz CT molecular complexity index is 379. The minimum absolute atomic E-state index is 0.241. The van der Waals surface area contributed by atoms with Crippen molar-refractivity contribution in [1.82, 2.24) is 4.90 Å². The zero-order valence-electron chi connectivity index (χ0n) is 11.7. The molecule has 1 fully saturated rings. The normalized spacial score (nSPS) is 22.8. The molecule has 1 heterocycles. The smallest absolute Gasteiger partial charge is 0.118 e. The number of β-amino-alcohol motifs (C(OH)–C–C–N with tert-alkyl or cyclic N) is 1. The lowest BCUT2D eigenvalue weighted by Crippen LogP contribution is -2.33. The predicted molar refractivity (Wildman–Crippen MR) is 74.4 cm³/mol. The van der Waals surface area contributed by atoms with Crippen LogP contribution in [-0.4, -0.2) is 49.5 Å². The van der Waals surface area contributed by atoms with Crippen LogP contribution in [0, 0.1) is 0 Å². The number of hydrogen-bond donors (Lipinski definition) is 1. The summed E-state index contributed by atoms with van der Waals surface area (Å²) in [7, 11) is 1.64. The Morgan fingerprint density at radius 3 is 2.84 bits per heavy atom. The molecule has 0 radical (unpaired) electrons. The number of aliphatic hydroxyl groups excluding tert-OH is 1. The van der Waals surface area contributed by atoms with E-state index in [9.17, 15) is 5.11 Å². The van der Waals surface area contributed by atoms with E-state index in [1.54, 1.807) is 7.11 Å². The van der Waals surface area contributed by atoms with Crippen molar-refractivity contribution in [2.75, 3.05) is 33.4 Å². The largest absolute Gasteiger partial charge is 0.497 e. The predicted octanol–water partition coefficient (Wildman–Crippen LogP) is 1.84. The monoisotopic (exact) mass is 265 g/mol. The Morgan fingerprint density at radius 1 is 1.42 bits per heavy atom. The van der Waals surface area contributed by atoms with Gasteiger partial charge in [0.25, 0.3) is 0 Å². The summed E-state index contributed by atoms with van der Waals surface area (Å²) in [5, 5.41) is 10.3. The molecule has 1 aromatic rings. The van der Waals surface area contributed by atoms with E-state index >= 15 is 0 Å². The van der Waals surface area contributed by atoms with Crippen molar-refractivity contribution in [1.29, 1.82) is 0 Å². The van der Waals surface area contributed by atoms with Crippen molar-refractivity contribution in [3.63, 3.8) is 0 Å². The minimum Gasteiger partial charge on any atom is -0.497 e. The quantitative estimate of drug-likeness (QED) is 0.902. The molecule has 0 saturated carbocycles. The van der Waals surface area contributed by atoms with E-state index in [1.807, 2.05) is 24.3 Å². The van der Waals surface area contributed by atoms with Gasteiger partial charge in [-0.05, 0) is 31.0 Å². The van der Waals surface area contributed by atoms with Crippen LogP contribution in [0.5, 0.6) is 5.75 Å². The molecule has 2 rings (SSSR count). The highest BCUT2D eigenvalue weighted by Crippen LogP contribution is 2.19. The summed E-state index contributed by atoms with van der Waals surface area (Å²) in [6, 6.07) is 7.60. The topological polar surface area (TPSA) is 41.9 Å². The van der Waals surface area contributed by atoms with Crippen LogP contribution in [0.2, 0.25) is 0 Å². The van der Waals surface area contributed by atoms with Crippen LogP contribution in [0.25, 0.3) is 0 Å². The molecule has 19 heavy (non-hydrogen) atoms. The highest BCUT2D eigenvalue weighted by molar-refractivity contribution is 5.28. The molecule has 4 nitrogen and oxygen atoms in total. The Morgan fingerprint density at radius 2 is 2.16 bits per heavy atom. The number of nitrogens with zero attached hydrogens (tertiary/aromatic N) is 1. The molecule has 0 aromatic heterocycles. The third kappa shape index (κ3) is 4.20. The number of methoxy groups -OCH3 is 1. The van der Waals surface area contributed by atoms with Gasteiger partial charge >= 0.3 is 0 Å². The summed E-state index contributed by atoms with van der Waals surface area (Å²) in [5.41, 5.74) is 0.929. The summed E-state index contributed by atoms with van der Waals surface area (Å²) in [6.07, 6.45) is 0.807. The zero-order chi connectivity index (χ0) is 13.7. The van der Waals surface area contributed by atoms with E-state index in [0.29, 0.717) is 6.54 Å². The number of rotatable bonds is 4. The van der Waals surface area contributed by atoms with Crippen LogP contribution in [0.1, 0.15) is 25.0 Å². The summed E-state index contributed by atoms with van der Waals surface area (Å²) >= 11 is 0. The lowest BCUT2D eigenvalue weighted by atomic mass is 10.1. The van der Waals surface area contributed by atoms with E-state index in [0.717, 1.165) is 37.4 Å². The molecule has 1 saturated heterocycles. The van der Waals surface area contributed by atoms with Gasteiger partial charge in [-0.1, -0.05) is 12.1 Å². The van der Waals surface area contributed by atoms with E-state index in [2.05, 4.69) is 11.8 Å². The minimum atomic E-state index is -0.462. The SMILES string of the molecule is COc1ccc(C(O)CN2CCCOC(C)C2)cc1. The fourth-order valence-corrected chi connectivity index (χ4v) is 2.42. The van der Waals surface area contributed by atoms with E-state index in [-0.39, 0.29) is 6.10 Å². The Labute approximate surface area is 114 Å². The first-order valence-corrected chi connectivity index (χ1v) is 6.85. The fraction of sp³-hybridized carbons (Fsp3) is 0.600. The highest BCUT2D eigenvalue weighted by Gasteiger charge is 2.18. The molecule has 1 N–H and O–H groups in total. The molecule has 2 atom stereocenters. The van der Waals surface area contributed by atoms with Gasteiger partial charge in [0, 0.05) is 26.2 Å². The lowest BCUT2D eigenvalue weighted by Gasteiger charge is -2.24. The van der Waals surface area contributed by atoms with Crippen LogP contribution in [0.15, 0.2) is 24.3 Å². The Balaban J connectivity index is 1.93. The number of hydrogen-bond acceptors (Lipinski definition) is 4. The van der Waals surface area contributed by atoms with Crippen LogP contribution in [0.3, 0.4) is 0 Å². The average Bonchev–Trinajstić information content (AvgIpc) is 2.63. The van der Waals surface area contributed by atoms with Gasteiger partial charge in [0.2, 0.25) is 0 Å². The molecule has 0 amide bonds. The van der Waals surface area contributed by atoms with Gasteiger partial charge in [-0.15, -0.1) is 0 Å². The first kappa shape index (κ1) is 14.3. The molecule has 106 valence electrons. The van der Waals surface area contributed by atoms with Crippen LogP contribution < -0.4 is 4.74 Å². The van der Waals surface area contributed by atoms with E-state index in [1.165, 1.54) is 0 Å². The van der Waals surface area contributed by atoms with Gasteiger partial charge < -0.3 is 14.6 Å². The van der Waals surface area contributed by atoms with Crippen molar-refractivity contribution in [3.8, 4) is 5.75 Å². The lowest BCUT2D eigenvalue weighted by molar-refractivity contribution is 0.0562. The Hall–Kier alpha value is -1.10. The molecule has 0 aliphatic carbocycles. The van der Waals surface area contributed by atoms with E-state index < -0.39 is 6.10 Å². The van der Waals surface area contributed by atoms with Crippen molar-refractivity contribution < 1.29 is 14.6 Å². The summed E-state index contributed by atoms with van der Waals surface area (Å²) in [6.45, 7) is 5.42. The second-order valence-electron chi connectivity index (χ2n) is 5.08. The third-order valence-corrected chi connectivity index (χ3v) is 3.47. The Kier molecular flexibility index (Phi) is 5.19. The van der Waals surface area contributed by atoms with Crippen molar-refractivity contribution >= 4 is 0 Å². The van der Waals surface area contributed by atoms with E-state index in [4.69, 9.17) is 9.47 Å². The molecular formula is C15H23NO3. The van der Waals surface area contributed by atoms with Gasteiger partial charge in [0.05, 0.1) is 19.3 Å². The number of ether oxygens (including phenoxy) is 2. The van der Waals surface area contributed by atoms with Crippen LogP contribution >= 0.6 is 0 Å². The van der Waals surface area contributed by atoms with Gasteiger partial charge in [-0.2, -0.15) is 0 Å². The average molecular weight is 265 g/mol. The fourth-order valence-electron chi connectivity index (χ4n) is 2.42. The third-order valence-electron chi connectivity index (χ3n) is 3.47. The summed E-state index contributed by atoms with van der Waals surface area (Å²) in [4.78, 5) is 2.27. The maximum absolute atomic E-state index is 10.3. The molecule has 4 heteroatoms. The molecule has 0 bridgehead atoms. The van der Waals surface area contributed by atoms with Crippen LogP contribution in [0.4, 0.5) is 0 Å². The van der Waals surface area contributed by atoms with Crippen molar-refractivity contribution in [2.45, 2.75) is 25.6 Å². The van der Waals surface area contributed by atoms with Gasteiger partial charge in [-0.25, -0.2) is 0 Å². The van der Waals surface area contributed by atoms with Crippen LogP contribution in [-0.2, 0) is 4.74 Å². The maximum atomic E-state index is 10.3. The molecule has 0 spiro atoms.